The molecule has 7 heteroatoms. The molecule has 3 atom stereocenters. The zero-order valence-corrected chi connectivity index (χ0v) is 20.0. The largest absolute Gasteiger partial charge is 0.484 e. The van der Waals surface area contributed by atoms with E-state index in [4.69, 9.17) is 23.7 Å². The van der Waals surface area contributed by atoms with Crippen molar-refractivity contribution in [2.75, 3.05) is 34.1 Å². The molecule has 0 aromatic heterocycles. The first-order valence-corrected chi connectivity index (χ1v) is 11.7. The minimum atomic E-state index is -0.467. The van der Waals surface area contributed by atoms with Gasteiger partial charge in [-0.05, 0) is 31.6 Å². The van der Waals surface area contributed by atoms with Crippen LogP contribution < -0.4 is 4.74 Å². The fourth-order valence-electron chi connectivity index (χ4n) is 4.92. The standard InChI is InChI=1S/C26H35NO6/c1-18(2)32-22-10-9-20(15-23(22)30-4)25(28)27-13-11-26(12-14-27)24(31-17-29-3)16-19-7-5-6-8-21(19)33-26/h5-10,15,18,22-24H,11-14,16-17H2,1-4H3/t22?,23-,24?/m1/s1. The minimum absolute atomic E-state index is 0.0108. The number of ether oxygens (including phenoxy) is 5. The van der Waals surface area contributed by atoms with Crippen LogP contribution in [0.15, 0.2) is 48.1 Å². The molecule has 0 bridgehead atoms. The van der Waals surface area contributed by atoms with E-state index in [1.54, 1.807) is 14.2 Å². The van der Waals surface area contributed by atoms with Crippen molar-refractivity contribution in [3.63, 3.8) is 0 Å². The van der Waals surface area contributed by atoms with Crippen molar-refractivity contribution in [1.82, 2.24) is 4.90 Å². The Morgan fingerprint density at radius 1 is 1.18 bits per heavy atom. The quantitative estimate of drug-likeness (QED) is 0.586. The lowest BCUT2D eigenvalue weighted by atomic mass is 9.80. The molecule has 33 heavy (non-hydrogen) atoms. The van der Waals surface area contributed by atoms with Crippen LogP contribution in [0.2, 0.25) is 0 Å². The van der Waals surface area contributed by atoms with E-state index in [0.717, 1.165) is 17.7 Å². The summed E-state index contributed by atoms with van der Waals surface area (Å²) in [6.45, 7) is 5.40. The highest BCUT2D eigenvalue weighted by Crippen LogP contribution is 2.41. The second-order valence-electron chi connectivity index (χ2n) is 9.16. The van der Waals surface area contributed by atoms with Crippen LogP contribution in [0, 0.1) is 0 Å². The Kier molecular flexibility index (Phi) is 7.54. The number of rotatable bonds is 7. The maximum absolute atomic E-state index is 13.3. The number of benzene rings is 1. The predicted octanol–water partition coefficient (Wildman–Crippen LogP) is 3.28. The molecule has 1 amide bonds. The molecule has 7 nitrogen and oxygen atoms in total. The molecule has 1 aliphatic carbocycles. The Balaban J connectivity index is 1.44. The highest BCUT2D eigenvalue weighted by atomic mass is 16.7. The van der Waals surface area contributed by atoms with E-state index in [9.17, 15) is 4.79 Å². The van der Waals surface area contributed by atoms with E-state index in [2.05, 4.69) is 6.07 Å². The summed E-state index contributed by atoms with van der Waals surface area (Å²) in [5.74, 6) is 0.920. The van der Waals surface area contributed by atoms with Crippen LogP contribution in [0.5, 0.6) is 5.75 Å². The van der Waals surface area contributed by atoms with E-state index in [1.165, 1.54) is 0 Å². The summed E-state index contributed by atoms with van der Waals surface area (Å²) in [5, 5.41) is 0. The average Bonchev–Trinajstić information content (AvgIpc) is 2.82. The van der Waals surface area contributed by atoms with Gasteiger partial charge in [0.05, 0.1) is 6.10 Å². The van der Waals surface area contributed by atoms with Crippen molar-refractivity contribution in [2.45, 2.75) is 63.1 Å². The first-order chi connectivity index (χ1) is 16.0. The number of amides is 1. The zero-order valence-electron chi connectivity index (χ0n) is 20.0. The van der Waals surface area contributed by atoms with E-state index < -0.39 is 5.60 Å². The van der Waals surface area contributed by atoms with Crippen molar-refractivity contribution in [2.24, 2.45) is 0 Å². The number of methoxy groups -OCH3 is 2. The van der Waals surface area contributed by atoms with Crippen LogP contribution >= 0.6 is 0 Å². The monoisotopic (exact) mass is 457 g/mol. The summed E-state index contributed by atoms with van der Waals surface area (Å²) < 4.78 is 29.3. The number of hydrogen-bond acceptors (Lipinski definition) is 6. The smallest absolute Gasteiger partial charge is 0.253 e. The van der Waals surface area contributed by atoms with Gasteiger partial charge in [0.2, 0.25) is 0 Å². The number of carbonyl (C=O) groups excluding carboxylic acids is 1. The second kappa shape index (κ2) is 10.4. The highest BCUT2D eigenvalue weighted by Gasteiger charge is 2.48. The first kappa shape index (κ1) is 24.0. The molecular weight excluding hydrogens is 422 g/mol. The predicted molar refractivity (Wildman–Crippen MR) is 124 cm³/mol. The van der Waals surface area contributed by atoms with Gasteiger partial charge in [-0.3, -0.25) is 4.79 Å². The Hall–Kier alpha value is -2.19. The normalized spacial score (nSPS) is 26.2. The fourth-order valence-corrected chi connectivity index (χ4v) is 4.92. The number of fused-ring (bicyclic) bond motifs is 1. The number of nitrogens with zero attached hydrogens (tertiary/aromatic N) is 1. The molecule has 1 aromatic rings. The number of likely N-dealkylation sites (tertiary alicyclic amines) is 1. The molecule has 1 saturated heterocycles. The van der Waals surface area contributed by atoms with Crippen molar-refractivity contribution in [1.29, 1.82) is 0 Å². The highest BCUT2D eigenvalue weighted by molar-refractivity contribution is 5.96. The van der Waals surface area contributed by atoms with E-state index in [0.29, 0.717) is 31.5 Å². The summed E-state index contributed by atoms with van der Waals surface area (Å²) in [7, 11) is 3.27. The molecule has 1 spiro atoms. The second-order valence-corrected chi connectivity index (χ2v) is 9.16. The molecule has 3 aliphatic rings. The first-order valence-electron chi connectivity index (χ1n) is 11.7. The summed E-state index contributed by atoms with van der Waals surface area (Å²) in [6.07, 6.45) is 7.31. The molecule has 2 heterocycles. The van der Waals surface area contributed by atoms with Gasteiger partial charge in [-0.1, -0.05) is 30.4 Å². The molecule has 4 rings (SSSR count). The van der Waals surface area contributed by atoms with Crippen LogP contribution in [-0.2, 0) is 30.2 Å². The lowest BCUT2D eigenvalue weighted by Crippen LogP contribution is -2.59. The van der Waals surface area contributed by atoms with E-state index in [1.807, 2.05) is 55.2 Å². The minimum Gasteiger partial charge on any atom is -0.484 e. The van der Waals surface area contributed by atoms with Gasteiger partial charge < -0.3 is 28.6 Å². The van der Waals surface area contributed by atoms with Gasteiger partial charge in [0, 0.05) is 52.1 Å². The Morgan fingerprint density at radius 3 is 2.64 bits per heavy atom. The van der Waals surface area contributed by atoms with Crippen molar-refractivity contribution in [3.8, 4) is 5.75 Å². The number of para-hydroxylation sites is 1. The third-order valence-electron chi connectivity index (χ3n) is 6.64. The van der Waals surface area contributed by atoms with Gasteiger partial charge in [0.25, 0.3) is 5.91 Å². The van der Waals surface area contributed by atoms with Gasteiger partial charge in [-0.2, -0.15) is 0 Å². The lowest BCUT2D eigenvalue weighted by Gasteiger charge is -2.48. The summed E-state index contributed by atoms with van der Waals surface area (Å²) in [5.41, 5.74) is 1.32. The molecule has 2 aliphatic heterocycles. The third-order valence-corrected chi connectivity index (χ3v) is 6.64. The molecule has 0 N–H and O–H groups in total. The van der Waals surface area contributed by atoms with Crippen LogP contribution in [0.4, 0.5) is 0 Å². The van der Waals surface area contributed by atoms with Crippen molar-refractivity contribution in [3.05, 3.63) is 53.6 Å². The molecule has 1 aromatic carbocycles. The topological polar surface area (TPSA) is 66.5 Å². The number of piperidine rings is 1. The molecule has 0 saturated carbocycles. The van der Waals surface area contributed by atoms with Gasteiger partial charge in [0.1, 0.15) is 36.5 Å². The van der Waals surface area contributed by atoms with Crippen molar-refractivity contribution >= 4 is 5.91 Å². The fraction of sp³-hybridized carbons (Fsp3) is 0.577. The van der Waals surface area contributed by atoms with Gasteiger partial charge in [0.15, 0.2) is 0 Å². The van der Waals surface area contributed by atoms with Crippen LogP contribution in [0.3, 0.4) is 0 Å². The van der Waals surface area contributed by atoms with E-state index in [-0.39, 0.29) is 37.1 Å². The number of carbonyl (C=O) groups is 1. The third kappa shape index (κ3) is 5.17. The van der Waals surface area contributed by atoms with Gasteiger partial charge in [-0.25, -0.2) is 0 Å². The van der Waals surface area contributed by atoms with Crippen LogP contribution in [-0.4, -0.2) is 74.9 Å². The van der Waals surface area contributed by atoms with Crippen molar-refractivity contribution < 1.29 is 28.5 Å². The van der Waals surface area contributed by atoms with E-state index >= 15 is 0 Å². The Labute approximate surface area is 196 Å². The maximum atomic E-state index is 13.3. The Morgan fingerprint density at radius 2 is 1.94 bits per heavy atom. The van der Waals surface area contributed by atoms with Gasteiger partial charge >= 0.3 is 0 Å². The molecule has 0 radical (unpaired) electrons. The maximum Gasteiger partial charge on any atom is 0.253 e. The SMILES string of the molecule is COCOC1Cc2ccccc2OC12CCN(C(=O)C1=C[C@@H](OC)C(OC(C)C)C=C1)CC2. The van der Waals surface area contributed by atoms with Gasteiger partial charge in [-0.15, -0.1) is 0 Å². The molecule has 1 fully saturated rings. The molecular formula is C26H35NO6. The Bertz CT molecular complexity index is 887. The van der Waals surface area contributed by atoms with Crippen LogP contribution in [0.25, 0.3) is 0 Å². The summed E-state index contributed by atoms with van der Waals surface area (Å²) in [6, 6.07) is 8.10. The average molecular weight is 458 g/mol. The summed E-state index contributed by atoms with van der Waals surface area (Å²) in [4.78, 5) is 15.2. The number of hydrogen-bond donors (Lipinski definition) is 0. The van der Waals surface area contributed by atoms with Crippen LogP contribution in [0.1, 0.15) is 32.3 Å². The summed E-state index contributed by atoms with van der Waals surface area (Å²) >= 11 is 0. The zero-order chi connectivity index (χ0) is 23.4. The molecule has 2 unspecified atom stereocenters. The lowest BCUT2D eigenvalue weighted by molar-refractivity contribution is -0.169. The molecule has 180 valence electrons.